The average Bonchev–Trinajstić information content (AvgIpc) is 2.86. The maximum absolute atomic E-state index is 14.5. The van der Waals surface area contributed by atoms with Gasteiger partial charge in [-0.05, 0) is 28.3 Å². The largest absolute Gasteiger partial charge is 0.237 e. The van der Waals surface area contributed by atoms with Gasteiger partial charge in [-0.1, -0.05) is 60.7 Å². The Labute approximate surface area is 186 Å². The maximum Gasteiger partial charge on any atom is 0.200 e. The third-order valence-corrected chi connectivity index (χ3v) is 9.31. The summed E-state index contributed by atoms with van der Waals surface area (Å²) in [5.74, 6) is -10.5. The van der Waals surface area contributed by atoms with Gasteiger partial charge in [0.25, 0.3) is 0 Å². The molecule has 0 saturated heterocycles. The Morgan fingerprint density at radius 1 is 0.697 bits per heavy atom. The summed E-state index contributed by atoms with van der Waals surface area (Å²) in [6, 6.07) is 19.5. The minimum absolute atomic E-state index is 0.00680. The van der Waals surface area contributed by atoms with Crippen LogP contribution >= 0.6 is 6.89 Å². The number of nitriles is 1. The molecular weight excluding hydrogens is 454 g/mol. The van der Waals surface area contributed by atoms with E-state index in [-0.39, 0.29) is 10.7 Å². The number of halogens is 5. The lowest BCUT2D eigenvalue weighted by Crippen LogP contribution is -2.23. The van der Waals surface area contributed by atoms with Crippen LogP contribution in [-0.4, -0.2) is 5.42 Å². The van der Waals surface area contributed by atoms with E-state index in [2.05, 4.69) is 4.85 Å². The van der Waals surface area contributed by atoms with Crippen LogP contribution < -0.4 is 10.6 Å². The second-order valence-corrected chi connectivity index (χ2v) is 10.3. The number of rotatable bonds is 3. The number of benzene rings is 3. The van der Waals surface area contributed by atoms with Crippen molar-refractivity contribution in [3.05, 3.63) is 124 Å². The van der Waals surface area contributed by atoms with Gasteiger partial charge in [0.05, 0.1) is 23.5 Å². The van der Waals surface area contributed by atoms with Crippen LogP contribution in [0.3, 0.4) is 0 Å². The zero-order chi connectivity index (χ0) is 23.8. The molecule has 1 aliphatic rings. The average molecular weight is 466 g/mol. The van der Waals surface area contributed by atoms with Crippen molar-refractivity contribution >= 4 is 28.5 Å². The summed E-state index contributed by atoms with van der Waals surface area (Å²) in [4.78, 5) is 3.59. The van der Waals surface area contributed by atoms with Crippen LogP contribution in [0, 0.1) is 47.0 Å². The first-order valence-electron chi connectivity index (χ1n) is 9.49. The first-order chi connectivity index (χ1) is 15.9. The van der Waals surface area contributed by atoms with Crippen molar-refractivity contribution < 1.29 is 22.0 Å². The van der Waals surface area contributed by atoms with Crippen molar-refractivity contribution in [2.24, 2.45) is 0 Å². The smallest absolute Gasteiger partial charge is 0.200 e. The predicted molar refractivity (Wildman–Crippen MR) is 119 cm³/mol. The molecule has 8 heteroatoms. The van der Waals surface area contributed by atoms with E-state index in [1.54, 1.807) is 60.7 Å². The molecule has 1 heterocycles. The Hall–Kier alpha value is -3.93. The van der Waals surface area contributed by atoms with E-state index in [1.807, 2.05) is 6.07 Å². The molecule has 0 N–H and O–H groups in total. The van der Waals surface area contributed by atoms with Crippen molar-refractivity contribution in [1.29, 1.82) is 5.26 Å². The Bertz CT molecular complexity index is 1400. The van der Waals surface area contributed by atoms with Crippen LogP contribution in [0.1, 0.15) is 5.56 Å². The lowest BCUT2D eigenvalue weighted by molar-refractivity contribution is 0.376. The molecule has 0 atom stereocenters. The molecule has 162 valence electrons. The summed E-state index contributed by atoms with van der Waals surface area (Å²) in [6.45, 7) is 4.78. The van der Waals surface area contributed by atoms with Crippen molar-refractivity contribution in [3.8, 4) is 6.07 Å². The van der Waals surface area contributed by atoms with E-state index in [1.165, 1.54) is 0 Å². The van der Waals surface area contributed by atoms with Gasteiger partial charge in [-0.15, -0.1) is 0 Å². The van der Waals surface area contributed by atoms with Crippen LogP contribution in [0.4, 0.5) is 22.0 Å². The van der Waals surface area contributed by atoms with Crippen molar-refractivity contribution in [1.82, 2.24) is 0 Å². The fraction of sp³-hybridized carbons (Fsp3) is 0. The van der Waals surface area contributed by atoms with E-state index in [0.29, 0.717) is 10.6 Å². The topological polar surface area (TPSA) is 28.1 Å². The van der Waals surface area contributed by atoms with Crippen molar-refractivity contribution in [3.63, 3.8) is 0 Å². The van der Waals surface area contributed by atoms with E-state index >= 15 is 0 Å². The molecule has 0 aromatic heterocycles. The molecule has 0 spiro atoms. The second kappa shape index (κ2) is 8.54. The van der Waals surface area contributed by atoms with Crippen LogP contribution in [0.2, 0.25) is 0 Å². The van der Waals surface area contributed by atoms with Gasteiger partial charge in [0.1, 0.15) is 0 Å². The summed E-state index contributed by atoms with van der Waals surface area (Å²) < 4.78 is 70.4. The minimum Gasteiger partial charge on any atom is -0.237 e. The molecular formula is C25H12F5N2P. The van der Waals surface area contributed by atoms with Crippen LogP contribution in [0.15, 0.2) is 78.1 Å². The summed E-state index contributed by atoms with van der Waals surface area (Å²) in [7, 11) is 0. The van der Waals surface area contributed by atoms with Crippen LogP contribution in [0.5, 0.6) is 0 Å². The SMILES string of the molecule is [C-]#[N+]C1=P(c2ccccc2)(c2ccccc2)C(C#N)=CC(c2c(F)c(F)c(F)c(F)c2F)=C1. The Balaban J connectivity index is 2.18. The molecule has 0 amide bonds. The van der Waals surface area contributed by atoms with Gasteiger partial charge >= 0.3 is 0 Å². The van der Waals surface area contributed by atoms with Gasteiger partial charge in [0.15, 0.2) is 28.7 Å². The summed E-state index contributed by atoms with van der Waals surface area (Å²) in [5, 5.41) is 11.4. The third kappa shape index (κ3) is 3.30. The molecule has 1 aliphatic heterocycles. The van der Waals surface area contributed by atoms with Gasteiger partial charge in [0.2, 0.25) is 5.82 Å². The van der Waals surface area contributed by atoms with E-state index in [0.717, 1.165) is 12.2 Å². The predicted octanol–water partition coefficient (Wildman–Crippen LogP) is 5.90. The summed E-state index contributed by atoms with van der Waals surface area (Å²) in [5.41, 5.74) is -1.63. The van der Waals surface area contributed by atoms with Gasteiger partial charge in [-0.2, -0.15) is 5.26 Å². The maximum atomic E-state index is 14.5. The van der Waals surface area contributed by atoms with E-state index in [9.17, 15) is 27.2 Å². The quantitative estimate of drug-likeness (QED) is 0.155. The van der Waals surface area contributed by atoms with Crippen molar-refractivity contribution in [2.45, 2.75) is 0 Å². The molecule has 0 radical (unpaired) electrons. The third-order valence-electron chi connectivity index (χ3n) is 5.30. The van der Waals surface area contributed by atoms with Gasteiger partial charge in [0, 0.05) is 6.89 Å². The zero-order valence-corrected chi connectivity index (χ0v) is 17.6. The van der Waals surface area contributed by atoms with Crippen LogP contribution in [0.25, 0.3) is 10.4 Å². The fourth-order valence-corrected chi connectivity index (χ4v) is 7.69. The molecule has 0 saturated carbocycles. The lowest BCUT2D eigenvalue weighted by Gasteiger charge is -2.31. The molecule has 0 fully saturated rings. The number of hydrogen-bond acceptors (Lipinski definition) is 1. The second-order valence-electron chi connectivity index (χ2n) is 7.00. The number of nitrogens with zero attached hydrogens (tertiary/aromatic N) is 2. The minimum atomic E-state index is -3.06. The van der Waals surface area contributed by atoms with E-state index < -0.39 is 47.1 Å². The molecule has 33 heavy (non-hydrogen) atoms. The monoisotopic (exact) mass is 466 g/mol. The molecule has 3 aromatic rings. The summed E-state index contributed by atoms with van der Waals surface area (Å²) >= 11 is 0. The Morgan fingerprint density at radius 3 is 1.58 bits per heavy atom. The fourth-order valence-electron chi connectivity index (χ4n) is 3.86. The molecule has 2 nitrogen and oxygen atoms in total. The van der Waals surface area contributed by atoms with E-state index in [4.69, 9.17) is 6.57 Å². The molecule has 0 unspecified atom stereocenters. The molecule has 3 aromatic carbocycles. The standard InChI is InChI=1S/C25H12F5N2P/c1-32-19-13-15(20-21(26)23(28)25(30)24(29)22(20)27)12-18(14-31)33(19,16-8-4-2-5-9-16)17-10-6-3-7-11-17/h2-13H. The molecule has 0 aliphatic carbocycles. The highest BCUT2D eigenvalue weighted by Crippen LogP contribution is 2.58. The molecule has 4 rings (SSSR count). The highest BCUT2D eigenvalue weighted by atomic mass is 31.2. The number of allylic oxidation sites excluding steroid dienone is 3. The van der Waals surface area contributed by atoms with Gasteiger partial charge < -0.3 is 0 Å². The Morgan fingerprint density at radius 2 is 1.15 bits per heavy atom. The molecule has 0 bridgehead atoms. The van der Waals surface area contributed by atoms with Crippen LogP contribution in [-0.2, 0) is 0 Å². The number of hydrogen-bond donors (Lipinski definition) is 0. The normalized spacial score (nSPS) is 14.7. The van der Waals surface area contributed by atoms with Gasteiger partial charge in [-0.25, -0.2) is 26.8 Å². The lowest BCUT2D eigenvalue weighted by atomic mass is 10.0. The zero-order valence-electron chi connectivity index (χ0n) is 16.7. The first kappa shape index (κ1) is 22.3. The highest BCUT2D eigenvalue weighted by Gasteiger charge is 2.36. The summed E-state index contributed by atoms with van der Waals surface area (Å²) in [6.07, 6.45) is 2.22. The highest BCUT2D eigenvalue weighted by molar-refractivity contribution is 7.93. The van der Waals surface area contributed by atoms with Crippen molar-refractivity contribution in [2.75, 3.05) is 0 Å². The first-order valence-corrected chi connectivity index (χ1v) is 11.3. The van der Waals surface area contributed by atoms with Gasteiger partial charge in [-0.3, -0.25) is 0 Å². The Kier molecular flexibility index (Phi) is 5.77.